The minimum absolute atomic E-state index is 0.0972. The molecule has 2 N–H and O–H groups in total. The SMILES string of the molecule is O=C(NC1COc2ccccc2C1)[C@@]12CCCC[C@H]1CNC2. The molecule has 4 rings (SSSR count). The van der Waals surface area contributed by atoms with Gasteiger partial charge in [0, 0.05) is 6.54 Å². The zero-order valence-electron chi connectivity index (χ0n) is 12.9. The van der Waals surface area contributed by atoms with Crippen molar-refractivity contribution in [1.82, 2.24) is 10.6 Å². The van der Waals surface area contributed by atoms with Crippen molar-refractivity contribution in [3.05, 3.63) is 29.8 Å². The predicted molar refractivity (Wildman–Crippen MR) is 84.8 cm³/mol. The Kier molecular flexibility index (Phi) is 3.57. The van der Waals surface area contributed by atoms with E-state index in [0.717, 1.165) is 31.7 Å². The molecule has 1 unspecified atom stereocenters. The molecule has 0 bridgehead atoms. The minimum Gasteiger partial charge on any atom is -0.491 e. The molecule has 1 aromatic rings. The first kappa shape index (κ1) is 14.1. The summed E-state index contributed by atoms with van der Waals surface area (Å²) in [6.07, 6.45) is 5.53. The van der Waals surface area contributed by atoms with Crippen LogP contribution in [0, 0.1) is 11.3 Å². The molecule has 2 aliphatic heterocycles. The lowest BCUT2D eigenvalue weighted by molar-refractivity contribution is -0.135. The second kappa shape index (κ2) is 5.58. The van der Waals surface area contributed by atoms with Crippen LogP contribution in [0.15, 0.2) is 24.3 Å². The van der Waals surface area contributed by atoms with Crippen LogP contribution in [0.4, 0.5) is 0 Å². The van der Waals surface area contributed by atoms with Crippen LogP contribution in [0.5, 0.6) is 5.75 Å². The molecule has 1 saturated carbocycles. The molecule has 4 heteroatoms. The number of fused-ring (bicyclic) bond motifs is 2. The average molecular weight is 300 g/mol. The van der Waals surface area contributed by atoms with Gasteiger partial charge in [0.05, 0.1) is 11.5 Å². The van der Waals surface area contributed by atoms with Crippen LogP contribution in [0.2, 0.25) is 0 Å². The number of benzene rings is 1. The van der Waals surface area contributed by atoms with Crippen LogP contribution in [0.25, 0.3) is 0 Å². The van der Waals surface area contributed by atoms with Gasteiger partial charge >= 0.3 is 0 Å². The molecule has 2 fully saturated rings. The maximum Gasteiger partial charge on any atom is 0.228 e. The van der Waals surface area contributed by atoms with Crippen molar-refractivity contribution in [3.8, 4) is 5.75 Å². The van der Waals surface area contributed by atoms with E-state index in [2.05, 4.69) is 16.7 Å². The molecular formula is C18H24N2O2. The summed E-state index contributed by atoms with van der Waals surface area (Å²) in [7, 11) is 0. The average Bonchev–Trinajstić information content (AvgIpc) is 3.00. The number of carbonyl (C=O) groups excluding carboxylic acids is 1. The van der Waals surface area contributed by atoms with Gasteiger partial charge < -0.3 is 15.4 Å². The van der Waals surface area contributed by atoms with Crippen LogP contribution >= 0.6 is 0 Å². The fourth-order valence-corrected chi connectivity index (χ4v) is 4.44. The van der Waals surface area contributed by atoms with Gasteiger partial charge in [0.1, 0.15) is 12.4 Å². The van der Waals surface area contributed by atoms with Crippen LogP contribution in [-0.4, -0.2) is 31.6 Å². The second-order valence-electron chi connectivity index (χ2n) is 7.02. The second-order valence-corrected chi connectivity index (χ2v) is 7.02. The Morgan fingerprint density at radius 1 is 1.32 bits per heavy atom. The van der Waals surface area contributed by atoms with Crippen molar-refractivity contribution in [2.75, 3.05) is 19.7 Å². The molecular weight excluding hydrogens is 276 g/mol. The fourth-order valence-electron chi connectivity index (χ4n) is 4.44. The molecule has 2 heterocycles. The summed E-state index contributed by atoms with van der Waals surface area (Å²) in [5.41, 5.74) is 1.02. The van der Waals surface area contributed by atoms with Gasteiger partial charge in [-0.3, -0.25) is 4.79 Å². The van der Waals surface area contributed by atoms with E-state index in [0.29, 0.717) is 12.5 Å². The number of carbonyl (C=O) groups is 1. The summed E-state index contributed by atoms with van der Waals surface area (Å²) >= 11 is 0. The quantitative estimate of drug-likeness (QED) is 0.877. The Balaban J connectivity index is 1.46. The molecule has 1 amide bonds. The number of amides is 1. The number of ether oxygens (including phenoxy) is 1. The Hall–Kier alpha value is -1.55. The van der Waals surface area contributed by atoms with Gasteiger partial charge in [0.15, 0.2) is 0 Å². The first-order valence-corrected chi connectivity index (χ1v) is 8.50. The van der Waals surface area contributed by atoms with E-state index >= 15 is 0 Å². The van der Waals surface area contributed by atoms with Crippen molar-refractivity contribution in [2.45, 2.75) is 38.1 Å². The van der Waals surface area contributed by atoms with Gasteiger partial charge in [0.2, 0.25) is 5.91 Å². The van der Waals surface area contributed by atoms with Crippen molar-refractivity contribution < 1.29 is 9.53 Å². The Morgan fingerprint density at radius 3 is 3.18 bits per heavy atom. The standard InChI is InChI=1S/C18H24N2O2/c21-17(18-8-4-3-6-14(18)10-19-12-18)20-15-9-13-5-1-2-7-16(13)22-11-15/h1-2,5,7,14-15,19H,3-4,6,8-12H2,(H,20,21)/t14-,15?,18+/m0/s1. The van der Waals surface area contributed by atoms with Crippen molar-refractivity contribution in [3.63, 3.8) is 0 Å². The molecule has 0 radical (unpaired) electrons. The normalized spacial score (nSPS) is 33.5. The molecule has 22 heavy (non-hydrogen) atoms. The number of para-hydroxylation sites is 1. The van der Waals surface area contributed by atoms with Gasteiger partial charge in [0.25, 0.3) is 0 Å². The van der Waals surface area contributed by atoms with E-state index in [9.17, 15) is 4.79 Å². The molecule has 4 nitrogen and oxygen atoms in total. The largest absolute Gasteiger partial charge is 0.491 e. The molecule has 3 atom stereocenters. The molecule has 1 saturated heterocycles. The maximum atomic E-state index is 13.0. The minimum atomic E-state index is -0.171. The molecule has 0 aromatic heterocycles. The summed E-state index contributed by atoms with van der Waals surface area (Å²) in [4.78, 5) is 13.0. The Labute approximate surface area is 131 Å². The highest BCUT2D eigenvalue weighted by atomic mass is 16.5. The van der Waals surface area contributed by atoms with Gasteiger partial charge in [-0.05, 0) is 43.4 Å². The van der Waals surface area contributed by atoms with E-state index in [1.54, 1.807) is 0 Å². The summed E-state index contributed by atoms with van der Waals surface area (Å²) in [6.45, 7) is 2.42. The number of hydrogen-bond donors (Lipinski definition) is 2. The first-order valence-electron chi connectivity index (χ1n) is 8.50. The lowest BCUT2D eigenvalue weighted by Gasteiger charge is -2.38. The van der Waals surface area contributed by atoms with Crippen LogP contribution in [0.1, 0.15) is 31.2 Å². The lowest BCUT2D eigenvalue weighted by atomic mass is 9.67. The lowest BCUT2D eigenvalue weighted by Crippen LogP contribution is -2.53. The third-order valence-electron chi connectivity index (χ3n) is 5.70. The number of hydrogen-bond acceptors (Lipinski definition) is 3. The maximum absolute atomic E-state index is 13.0. The molecule has 3 aliphatic rings. The predicted octanol–water partition coefficient (Wildman–Crippen LogP) is 1.89. The number of rotatable bonds is 2. The van der Waals surface area contributed by atoms with Crippen molar-refractivity contribution in [1.29, 1.82) is 0 Å². The van der Waals surface area contributed by atoms with E-state index in [-0.39, 0.29) is 17.4 Å². The van der Waals surface area contributed by atoms with Crippen molar-refractivity contribution >= 4 is 5.91 Å². The van der Waals surface area contributed by atoms with E-state index < -0.39 is 0 Å². The van der Waals surface area contributed by atoms with Gasteiger partial charge in [-0.2, -0.15) is 0 Å². The Morgan fingerprint density at radius 2 is 2.23 bits per heavy atom. The smallest absolute Gasteiger partial charge is 0.228 e. The summed E-state index contributed by atoms with van der Waals surface area (Å²) in [5.74, 6) is 1.72. The molecule has 118 valence electrons. The van der Waals surface area contributed by atoms with E-state index in [4.69, 9.17) is 4.74 Å². The third kappa shape index (κ3) is 2.30. The molecule has 1 aromatic carbocycles. The summed E-state index contributed by atoms with van der Waals surface area (Å²) in [5, 5.41) is 6.73. The monoisotopic (exact) mass is 300 g/mol. The van der Waals surface area contributed by atoms with Gasteiger partial charge in [-0.15, -0.1) is 0 Å². The Bertz CT molecular complexity index is 574. The zero-order chi connectivity index (χ0) is 15.0. The molecule has 0 spiro atoms. The highest BCUT2D eigenvalue weighted by Gasteiger charge is 2.50. The molecule has 1 aliphatic carbocycles. The van der Waals surface area contributed by atoms with Crippen LogP contribution in [0.3, 0.4) is 0 Å². The summed E-state index contributed by atoms with van der Waals surface area (Å²) in [6, 6.07) is 8.22. The topological polar surface area (TPSA) is 50.4 Å². The fraction of sp³-hybridized carbons (Fsp3) is 0.611. The van der Waals surface area contributed by atoms with E-state index in [1.807, 2.05) is 18.2 Å². The van der Waals surface area contributed by atoms with Crippen LogP contribution in [-0.2, 0) is 11.2 Å². The summed E-state index contributed by atoms with van der Waals surface area (Å²) < 4.78 is 5.80. The van der Waals surface area contributed by atoms with Gasteiger partial charge in [-0.1, -0.05) is 31.0 Å². The first-order chi connectivity index (χ1) is 10.8. The highest BCUT2D eigenvalue weighted by molar-refractivity contribution is 5.84. The number of nitrogens with one attached hydrogen (secondary N) is 2. The zero-order valence-corrected chi connectivity index (χ0v) is 12.9. The third-order valence-corrected chi connectivity index (χ3v) is 5.70. The van der Waals surface area contributed by atoms with Crippen molar-refractivity contribution in [2.24, 2.45) is 11.3 Å². The van der Waals surface area contributed by atoms with Gasteiger partial charge in [-0.25, -0.2) is 0 Å². The highest BCUT2D eigenvalue weighted by Crippen LogP contribution is 2.44. The van der Waals surface area contributed by atoms with Crippen LogP contribution < -0.4 is 15.4 Å². The van der Waals surface area contributed by atoms with E-state index in [1.165, 1.54) is 24.8 Å².